The average molecular weight is 339 g/mol. The molecule has 4 atom stereocenters. The quantitative estimate of drug-likeness (QED) is 0.810. The van der Waals surface area contributed by atoms with Crippen molar-refractivity contribution in [3.8, 4) is 0 Å². The van der Waals surface area contributed by atoms with Gasteiger partial charge in [0.2, 0.25) is 0 Å². The second-order valence-electron chi connectivity index (χ2n) is 8.32. The summed E-state index contributed by atoms with van der Waals surface area (Å²) in [5.74, 6) is -0.139. The molecule has 3 aliphatic heterocycles. The number of carbonyl (C=O) groups excluding carboxylic acids is 1. The van der Waals surface area contributed by atoms with Gasteiger partial charge in [-0.15, -0.1) is 0 Å². The Kier molecular flexibility index (Phi) is 3.15. The van der Waals surface area contributed by atoms with Gasteiger partial charge in [0.25, 0.3) is 0 Å². The molecular formula is C21H27N2O2+. The zero-order valence-electron chi connectivity index (χ0n) is 15.2. The zero-order chi connectivity index (χ0) is 17.2. The van der Waals surface area contributed by atoms with Crippen LogP contribution in [-0.2, 0) is 14.9 Å². The van der Waals surface area contributed by atoms with Crippen LogP contribution in [-0.4, -0.2) is 32.2 Å². The summed E-state index contributed by atoms with van der Waals surface area (Å²) in [6, 6.07) is 9.27. The third-order valence-electron chi connectivity index (χ3n) is 7.61. The lowest BCUT2D eigenvalue weighted by atomic mass is 9.53. The van der Waals surface area contributed by atoms with Gasteiger partial charge in [-0.05, 0) is 37.3 Å². The summed E-state index contributed by atoms with van der Waals surface area (Å²) in [5.41, 5.74) is 4.86. The van der Waals surface area contributed by atoms with Crippen molar-refractivity contribution in [3.63, 3.8) is 0 Å². The first-order valence-electron chi connectivity index (χ1n) is 9.69. The number of nitrogens with one attached hydrogen (secondary N) is 2. The van der Waals surface area contributed by atoms with Crippen molar-refractivity contribution in [3.05, 3.63) is 41.1 Å². The van der Waals surface area contributed by atoms with Gasteiger partial charge in [-0.2, -0.15) is 0 Å². The highest BCUT2D eigenvalue weighted by Crippen LogP contribution is 2.61. The Morgan fingerprint density at radius 1 is 1.32 bits per heavy atom. The SMILES string of the molecule is CC[C@]12CCC[NH+]3CC[C@]4(C(=C(C(=O)OC)C1)Nc1ccccc14)[C@@H]32. The molecule has 1 aliphatic carbocycles. The van der Waals surface area contributed by atoms with E-state index in [1.54, 1.807) is 4.90 Å². The molecular weight excluding hydrogens is 312 g/mol. The predicted octanol–water partition coefficient (Wildman–Crippen LogP) is 2.03. The third-order valence-corrected chi connectivity index (χ3v) is 7.61. The van der Waals surface area contributed by atoms with Gasteiger partial charge in [0.15, 0.2) is 0 Å². The molecule has 1 aromatic carbocycles. The van der Waals surface area contributed by atoms with Crippen molar-refractivity contribution in [1.29, 1.82) is 0 Å². The molecule has 25 heavy (non-hydrogen) atoms. The van der Waals surface area contributed by atoms with Crippen LogP contribution < -0.4 is 10.2 Å². The van der Waals surface area contributed by atoms with Crippen LogP contribution in [0.4, 0.5) is 5.69 Å². The molecule has 1 aromatic rings. The van der Waals surface area contributed by atoms with Crippen LogP contribution in [0.2, 0.25) is 0 Å². The normalized spacial score (nSPS) is 37.8. The maximum Gasteiger partial charge on any atom is 0.335 e. The van der Waals surface area contributed by atoms with Gasteiger partial charge in [-0.3, -0.25) is 0 Å². The Balaban J connectivity index is 1.81. The Bertz CT molecular complexity index is 786. The number of quaternary nitrogens is 1. The van der Waals surface area contributed by atoms with Crippen molar-refractivity contribution in [1.82, 2.24) is 0 Å². The van der Waals surface area contributed by atoms with Gasteiger partial charge in [-0.25, -0.2) is 4.79 Å². The van der Waals surface area contributed by atoms with E-state index in [1.165, 1.54) is 44.3 Å². The summed E-state index contributed by atoms with van der Waals surface area (Å²) in [6.07, 6.45) is 5.64. The van der Waals surface area contributed by atoms with Crippen molar-refractivity contribution in [2.45, 2.75) is 50.5 Å². The minimum Gasteiger partial charge on any atom is -0.466 e. The van der Waals surface area contributed by atoms with Crippen molar-refractivity contribution in [2.75, 3.05) is 25.5 Å². The first kappa shape index (κ1) is 15.4. The van der Waals surface area contributed by atoms with Gasteiger partial charge in [-0.1, -0.05) is 25.1 Å². The fourth-order valence-electron chi connectivity index (χ4n) is 6.73. The molecule has 0 radical (unpaired) electrons. The summed E-state index contributed by atoms with van der Waals surface area (Å²) in [4.78, 5) is 14.5. The maximum atomic E-state index is 12.7. The third kappa shape index (κ3) is 1.74. The number of benzene rings is 1. The summed E-state index contributed by atoms with van der Waals surface area (Å²) in [6.45, 7) is 4.81. The standard InChI is InChI=1S/C21H26N2O2/c1-3-20-9-6-11-23-12-10-21(19(20)23)15-7-4-5-8-16(15)22-17(21)14(13-20)18(24)25-2/h4-5,7-8,19,22H,3,6,9-13H2,1-2H3/p+1/t19-,20-,21-/m0/s1. The molecule has 0 saturated carbocycles. The fraction of sp³-hybridized carbons (Fsp3) is 0.571. The number of methoxy groups -OCH3 is 1. The van der Waals surface area contributed by atoms with Crippen LogP contribution in [0.25, 0.3) is 0 Å². The van der Waals surface area contributed by atoms with E-state index in [2.05, 4.69) is 36.5 Å². The summed E-state index contributed by atoms with van der Waals surface area (Å²) < 4.78 is 5.23. The van der Waals surface area contributed by atoms with Crippen molar-refractivity contribution < 1.29 is 14.4 Å². The number of hydrogen-bond donors (Lipinski definition) is 2. The molecule has 1 spiro atoms. The highest BCUT2D eigenvalue weighted by molar-refractivity contribution is 5.93. The molecule has 3 heterocycles. The van der Waals surface area contributed by atoms with Crippen molar-refractivity contribution >= 4 is 11.7 Å². The van der Waals surface area contributed by atoms with Gasteiger partial charge in [0.05, 0.1) is 31.2 Å². The lowest BCUT2D eigenvalue weighted by Gasteiger charge is -2.53. The second kappa shape index (κ2) is 5.10. The van der Waals surface area contributed by atoms with Crippen molar-refractivity contribution in [2.24, 2.45) is 5.41 Å². The number of anilines is 1. The number of rotatable bonds is 2. The maximum absolute atomic E-state index is 12.7. The van der Waals surface area contributed by atoms with E-state index in [0.29, 0.717) is 6.04 Å². The number of ether oxygens (including phenoxy) is 1. The van der Waals surface area contributed by atoms with Crippen LogP contribution >= 0.6 is 0 Å². The van der Waals surface area contributed by atoms with Crippen LogP contribution in [0, 0.1) is 5.41 Å². The molecule has 2 fully saturated rings. The molecule has 132 valence electrons. The molecule has 0 aromatic heterocycles. The highest BCUT2D eigenvalue weighted by atomic mass is 16.5. The molecule has 2 saturated heterocycles. The lowest BCUT2D eigenvalue weighted by molar-refractivity contribution is -0.929. The smallest absolute Gasteiger partial charge is 0.335 e. The fourth-order valence-corrected chi connectivity index (χ4v) is 6.73. The Hall–Kier alpha value is -1.81. The van der Waals surface area contributed by atoms with E-state index < -0.39 is 0 Å². The summed E-state index contributed by atoms with van der Waals surface area (Å²) in [5, 5.41) is 3.66. The topological polar surface area (TPSA) is 42.8 Å². The van der Waals surface area contributed by atoms with E-state index in [-0.39, 0.29) is 16.8 Å². The molecule has 0 bridgehead atoms. The molecule has 5 rings (SSSR count). The minimum absolute atomic E-state index is 0.0237. The van der Waals surface area contributed by atoms with Gasteiger partial charge >= 0.3 is 5.97 Å². The molecule has 4 nitrogen and oxygen atoms in total. The Morgan fingerprint density at radius 2 is 2.16 bits per heavy atom. The van der Waals surface area contributed by atoms with E-state index in [0.717, 1.165) is 30.5 Å². The van der Waals surface area contributed by atoms with E-state index in [1.807, 2.05) is 0 Å². The molecule has 0 amide bonds. The van der Waals surface area contributed by atoms with Crippen LogP contribution in [0.15, 0.2) is 35.5 Å². The van der Waals surface area contributed by atoms with Gasteiger partial charge in [0.1, 0.15) is 6.04 Å². The first-order chi connectivity index (χ1) is 12.2. The monoisotopic (exact) mass is 339 g/mol. The van der Waals surface area contributed by atoms with Gasteiger partial charge < -0.3 is 15.0 Å². The van der Waals surface area contributed by atoms with Crippen LogP contribution in [0.3, 0.4) is 0 Å². The summed E-state index contributed by atoms with van der Waals surface area (Å²) in [7, 11) is 1.52. The van der Waals surface area contributed by atoms with E-state index >= 15 is 0 Å². The van der Waals surface area contributed by atoms with E-state index in [4.69, 9.17) is 4.74 Å². The number of fused-ring (bicyclic) bond motifs is 1. The number of para-hydroxylation sites is 1. The number of piperidine rings is 1. The van der Waals surface area contributed by atoms with E-state index in [9.17, 15) is 4.79 Å². The number of hydrogen-bond acceptors (Lipinski definition) is 3. The largest absolute Gasteiger partial charge is 0.466 e. The Morgan fingerprint density at radius 3 is 2.96 bits per heavy atom. The van der Waals surface area contributed by atoms with Crippen LogP contribution in [0.5, 0.6) is 0 Å². The lowest BCUT2D eigenvalue weighted by Crippen LogP contribution is -3.17. The molecule has 2 N–H and O–H groups in total. The molecule has 1 unspecified atom stereocenters. The highest BCUT2D eigenvalue weighted by Gasteiger charge is 2.69. The predicted molar refractivity (Wildman–Crippen MR) is 96.5 cm³/mol. The zero-order valence-corrected chi connectivity index (χ0v) is 15.2. The first-order valence-corrected chi connectivity index (χ1v) is 9.69. The number of carbonyl (C=O) groups is 1. The molecule has 4 aliphatic rings. The number of esters is 1. The second-order valence-corrected chi connectivity index (χ2v) is 8.32. The van der Waals surface area contributed by atoms with Crippen LogP contribution in [0.1, 0.15) is 44.6 Å². The minimum atomic E-state index is -0.139. The Labute approximate surface area is 149 Å². The summed E-state index contributed by atoms with van der Waals surface area (Å²) >= 11 is 0. The van der Waals surface area contributed by atoms with Gasteiger partial charge in [0, 0.05) is 23.2 Å². The molecule has 4 heteroatoms. The average Bonchev–Trinajstić information content (AvgIpc) is 3.21.